The zero-order chi connectivity index (χ0) is 18.1. The predicted molar refractivity (Wildman–Crippen MR) is 104 cm³/mol. The van der Waals surface area contributed by atoms with E-state index in [1.807, 2.05) is 27.7 Å². The van der Waals surface area contributed by atoms with Crippen molar-refractivity contribution >= 4 is 16.8 Å². The van der Waals surface area contributed by atoms with Gasteiger partial charge < -0.3 is 15.4 Å². The number of rotatable bonds is 9. The maximum atomic E-state index is 12.1. The van der Waals surface area contributed by atoms with Crippen molar-refractivity contribution < 1.29 is 8.95 Å². The van der Waals surface area contributed by atoms with Crippen LogP contribution in [-0.2, 0) is 15.5 Å². The van der Waals surface area contributed by atoms with Crippen LogP contribution in [0.5, 0.6) is 0 Å². The molecule has 0 heterocycles. The number of hydrogen-bond donors (Lipinski definition) is 2. The van der Waals surface area contributed by atoms with Crippen molar-refractivity contribution in [2.45, 2.75) is 64.5 Å². The highest BCUT2D eigenvalue weighted by molar-refractivity contribution is 7.86. The lowest BCUT2D eigenvalue weighted by Gasteiger charge is -2.30. The molecule has 2 N–H and O–H groups in total. The minimum absolute atomic E-state index is 0.161. The lowest BCUT2D eigenvalue weighted by molar-refractivity contribution is 0.105. The fourth-order valence-corrected chi connectivity index (χ4v) is 4.03. The smallest absolute Gasteiger partial charge is 0.191 e. The Morgan fingerprint density at radius 3 is 2.46 bits per heavy atom. The molecule has 1 aliphatic carbocycles. The van der Waals surface area contributed by atoms with E-state index in [1.165, 1.54) is 25.7 Å². The zero-order valence-electron chi connectivity index (χ0n) is 16.2. The van der Waals surface area contributed by atoms with Gasteiger partial charge in [0.25, 0.3) is 0 Å². The third-order valence-corrected chi connectivity index (χ3v) is 6.70. The number of aliphatic imine (C=N–C) groups is 1. The summed E-state index contributed by atoms with van der Waals surface area (Å²) in [6, 6.07) is 0. The first-order chi connectivity index (χ1) is 11.3. The van der Waals surface area contributed by atoms with Crippen LogP contribution < -0.4 is 10.6 Å². The molecule has 0 aliphatic heterocycles. The van der Waals surface area contributed by atoms with Gasteiger partial charge in [-0.3, -0.25) is 9.20 Å². The highest BCUT2D eigenvalue weighted by Gasteiger charge is 2.33. The van der Waals surface area contributed by atoms with Crippen molar-refractivity contribution in [2.75, 3.05) is 39.1 Å². The van der Waals surface area contributed by atoms with E-state index in [9.17, 15) is 4.21 Å². The SMILES string of the molecule is CCOCCC1(CNC(=NC)NCCS(=O)C(C)(C)C)CCCC1. The van der Waals surface area contributed by atoms with Gasteiger partial charge in [-0.15, -0.1) is 0 Å². The van der Waals surface area contributed by atoms with E-state index in [0.29, 0.717) is 17.7 Å². The molecule has 0 aromatic heterocycles. The van der Waals surface area contributed by atoms with Crippen LogP contribution in [-0.4, -0.2) is 54.0 Å². The van der Waals surface area contributed by atoms with E-state index in [4.69, 9.17) is 4.74 Å². The molecular weight excluding hydrogens is 322 g/mol. The van der Waals surface area contributed by atoms with Crippen molar-refractivity contribution in [3.63, 3.8) is 0 Å². The first-order valence-electron chi connectivity index (χ1n) is 9.24. The van der Waals surface area contributed by atoms with Gasteiger partial charge in [0.1, 0.15) is 0 Å². The fourth-order valence-electron chi connectivity index (χ4n) is 3.13. The summed E-state index contributed by atoms with van der Waals surface area (Å²) in [6.45, 7) is 11.3. The molecule has 1 rings (SSSR count). The summed E-state index contributed by atoms with van der Waals surface area (Å²) in [6.07, 6.45) is 6.25. The topological polar surface area (TPSA) is 62.7 Å². The quantitative estimate of drug-likeness (QED) is 0.377. The largest absolute Gasteiger partial charge is 0.382 e. The Balaban J connectivity index is 2.40. The fraction of sp³-hybridized carbons (Fsp3) is 0.944. The average Bonchev–Trinajstić information content (AvgIpc) is 2.99. The average molecular weight is 360 g/mol. The lowest BCUT2D eigenvalue weighted by Crippen LogP contribution is -2.44. The van der Waals surface area contributed by atoms with Crippen LogP contribution in [0.25, 0.3) is 0 Å². The predicted octanol–water partition coefficient (Wildman–Crippen LogP) is 2.69. The minimum atomic E-state index is -0.837. The summed E-state index contributed by atoms with van der Waals surface area (Å²) in [5.74, 6) is 1.45. The highest BCUT2D eigenvalue weighted by Crippen LogP contribution is 2.40. The van der Waals surface area contributed by atoms with Gasteiger partial charge in [0.05, 0.1) is 0 Å². The molecule has 1 aliphatic rings. The van der Waals surface area contributed by atoms with Crippen molar-refractivity contribution in [3.05, 3.63) is 0 Å². The summed E-state index contributed by atoms with van der Waals surface area (Å²) < 4.78 is 17.5. The van der Waals surface area contributed by atoms with Crippen LogP contribution in [0.4, 0.5) is 0 Å². The normalized spacial score (nSPS) is 19.3. The number of nitrogens with zero attached hydrogens (tertiary/aromatic N) is 1. The second-order valence-corrected chi connectivity index (χ2v) is 9.99. The number of nitrogens with one attached hydrogen (secondary N) is 2. The molecule has 5 nitrogen and oxygen atoms in total. The summed E-state index contributed by atoms with van der Waals surface area (Å²) in [5.41, 5.74) is 0.334. The molecule has 0 aromatic carbocycles. The summed E-state index contributed by atoms with van der Waals surface area (Å²) in [5, 5.41) is 6.77. The van der Waals surface area contributed by atoms with Crippen LogP contribution in [0.1, 0.15) is 59.8 Å². The first-order valence-corrected chi connectivity index (χ1v) is 10.6. The Kier molecular flexibility index (Phi) is 9.27. The molecule has 1 saturated carbocycles. The zero-order valence-corrected chi connectivity index (χ0v) is 17.1. The first kappa shape index (κ1) is 21.4. The molecule has 0 spiro atoms. The standard InChI is InChI=1S/C18H37N3O2S/c1-6-23-13-11-18(9-7-8-10-18)15-21-16(19-5)20-12-14-24(22)17(2,3)4/h6-15H2,1-5H3,(H2,19,20,21). The summed E-state index contributed by atoms with van der Waals surface area (Å²) >= 11 is 0. The van der Waals surface area contributed by atoms with Gasteiger partial charge in [0, 0.05) is 54.7 Å². The molecule has 1 atom stereocenters. The highest BCUT2D eigenvalue weighted by atomic mass is 32.2. The van der Waals surface area contributed by atoms with Crippen molar-refractivity contribution in [1.82, 2.24) is 10.6 Å². The summed E-state index contributed by atoms with van der Waals surface area (Å²) in [7, 11) is 0.952. The van der Waals surface area contributed by atoms with Gasteiger partial charge in [-0.25, -0.2) is 0 Å². The van der Waals surface area contributed by atoms with Gasteiger partial charge >= 0.3 is 0 Å². The molecule has 1 fully saturated rings. The molecule has 24 heavy (non-hydrogen) atoms. The van der Waals surface area contributed by atoms with Crippen molar-refractivity contribution in [3.8, 4) is 0 Å². The van der Waals surface area contributed by atoms with Gasteiger partial charge in [0.2, 0.25) is 0 Å². The van der Waals surface area contributed by atoms with Gasteiger partial charge in [-0.05, 0) is 52.4 Å². The second kappa shape index (κ2) is 10.4. The molecular formula is C18H37N3O2S. The van der Waals surface area contributed by atoms with Crippen molar-refractivity contribution in [1.29, 1.82) is 0 Å². The maximum Gasteiger partial charge on any atom is 0.191 e. The van der Waals surface area contributed by atoms with E-state index in [-0.39, 0.29) is 4.75 Å². The lowest BCUT2D eigenvalue weighted by atomic mass is 9.83. The molecule has 1 unspecified atom stereocenters. The molecule has 0 radical (unpaired) electrons. The van der Waals surface area contributed by atoms with Crippen LogP contribution in [0.2, 0.25) is 0 Å². The van der Waals surface area contributed by atoms with E-state index in [1.54, 1.807) is 7.05 Å². The second-order valence-electron chi connectivity index (χ2n) is 7.67. The Hall–Kier alpha value is -0.620. The summed E-state index contributed by atoms with van der Waals surface area (Å²) in [4.78, 5) is 4.30. The van der Waals surface area contributed by atoms with E-state index in [0.717, 1.165) is 32.1 Å². The number of hydrogen-bond acceptors (Lipinski definition) is 3. The van der Waals surface area contributed by atoms with Gasteiger partial charge in [0.15, 0.2) is 5.96 Å². The molecule has 6 heteroatoms. The molecule has 0 saturated heterocycles. The molecule has 142 valence electrons. The number of guanidine groups is 1. The van der Waals surface area contributed by atoms with Gasteiger partial charge in [-0.2, -0.15) is 0 Å². The van der Waals surface area contributed by atoms with Gasteiger partial charge in [-0.1, -0.05) is 12.8 Å². The third-order valence-electron chi connectivity index (χ3n) is 4.76. The van der Waals surface area contributed by atoms with Crippen LogP contribution in [0.3, 0.4) is 0 Å². The molecule has 0 amide bonds. The molecule has 0 bridgehead atoms. The van der Waals surface area contributed by atoms with Crippen LogP contribution >= 0.6 is 0 Å². The Morgan fingerprint density at radius 1 is 1.25 bits per heavy atom. The molecule has 0 aromatic rings. The van der Waals surface area contributed by atoms with Crippen molar-refractivity contribution in [2.24, 2.45) is 10.4 Å². The minimum Gasteiger partial charge on any atom is -0.382 e. The van der Waals surface area contributed by atoms with E-state index >= 15 is 0 Å². The number of ether oxygens (including phenoxy) is 1. The van der Waals surface area contributed by atoms with E-state index < -0.39 is 10.8 Å². The Morgan fingerprint density at radius 2 is 1.92 bits per heavy atom. The van der Waals surface area contributed by atoms with E-state index in [2.05, 4.69) is 15.6 Å². The maximum absolute atomic E-state index is 12.1. The Labute approximate surface area is 150 Å². The van der Waals surface area contributed by atoms with Crippen LogP contribution in [0, 0.1) is 5.41 Å². The monoisotopic (exact) mass is 359 g/mol. The van der Waals surface area contributed by atoms with Crippen LogP contribution in [0.15, 0.2) is 4.99 Å². The third kappa shape index (κ3) is 7.51. The Bertz CT molecular complexity index is 413.